The summed E-state index contributed by atoms with van der Waals surface area (Å²) >= 11 is 12.4. The van der Waals surface area contributed by atoms with E-state index in [1.165, 1.54) is 0 Å². The fourth-order valence-corrected chi connectivity index (χ4v) is 4.58. The fraction of sp³-hybridized carbons (Fsp3) is 0.207. The van der Waals surface area contributed by atoms with Crippen LogP contribution in [0.4, 0.5) is 17.1 Å². The second-order valence-electron chi connectivity index (χ2n) is 8.77. The van der Waals surface area contributed by atoms with Gasteiger partial charge in [0.05, 0.1) is 12.1 Å². The molecule has 0 saturated carbocycles. The topological polar surface area (TPSA) is 78.5 Å². The van der Waals surface area contributed by atoms with E-state index in [1.54, 1.807) is 42.5 Å². The Morgan fingerprint density at radius 1 is 0.892 bits per heavy atom. The predicted molar refractivity (Wildman–Crippen MR) is 149 cm³/mol. The number of imide groups is 1. The van der Waals surface area contributed by atoms with Crippen molar-refractivity contribution >= 4 is 58.0 Å². The van der Waals surface area contributed by atoms with Gasteiger partial charge in [-0.25, -0.2) is 4.90 Å². The van der Waals surface area contributed by atoms with Crippen LogP contribution in [0.3, 0.4) is 0 Å². The first-order chi connectivity index (χ1) is 17.7. The Morgan fingerprint density at radius 2 is 1.54 bits per heavy atom. The minimum absolute atomic E-state index is 0.0166. The molecule has 190 valence electrons. The lowest BCUT2D eigenvalue weighted by molar-refractivity contribution is -0.120. The zero-order chi connectivity index (χ0) is 26.7. The number of amides is 3. The maximum Gasteiger partial charge on any atom is 0.283 e. The summed E-state index contributed by atoms with van der Waals surface area (Å²) < 4.78 is 0. The van der Waals surface area contributed by atoms with E-state index in [1.807, 2.05) is 25.1 Å². The summed E-state index contributed by atoms with van der Waals surface area (Å²) in [6.45, 7) is 5.96. The molecule has 4 rings (SSSR count). The summed E-state index contributed by atoms with van der Waals surface area (Å²) in [5.41, 5.74) is 5.63. The van der Waals surface area contributed by atoms with E-state index < -0.39 is 11.8 Å². The van der Waals surface area contributed by atoms with Crippen LogP contribution in [-0.4, -0.2) is 17.7 Å². The highest BCUT2D eigenvalue weighted by molar-refractivity contribution is 6.53. The molecule has 1 aliphatic rings. The molecule has 0 radical (unpaired) electrons. The second-order valence-corrected chi connectivity index (χ2v) is 9.56. The quantitative estimate of drug-likeness (QED) is 0.327. The third-order valence-corrected chi connectivity index (χ3v) is 7.05. The number of hydrogen-bond donors (Lipinski definition) is 2. The number of carbonyl (C=O) groups excluding carboxylic acids is 3. The number of carbonyl (C=O) groups is 3. The second kappa shape index (κ2) is 11.2. The average molecular weight is 536 g/mol. The van der Waals surface area contributed by atoms with Crippen LogP contribution in [0.5, 0.6) is 0 Å². The van der Waals surface area contributed by atoms with Crippen molar-refractivity contribution in [3.63, 3.8) is 0 Å². The first-order valence-corrected chi connectivity index (χ1v) is 12.8. The lowest BCUT2D eigenvalue weighted by atomic mass is 10.0. The van der Waals surface area contributed by atoms with E-state index in [-0.39, 0.29) is 23.1 Å². The Labute approximate surface area is 226 Å². The van der Waals surface area contributed by atoms with E-state index in [9.17, 15) is 14.4 Å². The highest BCUT2D eigenvalue weighted by atomic mass is 35.5. The van der Waals surface area contributed by atoms with Crippen LogP contribution in [0.15, 0.2) is 71.4 Å². The van der Waals surface area contributed by atoms with Crippen molar-refractivity contribution in [2.24, 2.45) is 0 Å². The van der Waals surface area contributed by atoms with Gasteiger partial charge in [0.15, 0.2) is 0 Å². The highest BCUT2D eigenvalue weighted by Gasteiger charge is 2.39. The summed E-state index contributed by atoms with van der Waals surface area (Å²) in [5, 5.41) is 6.26. The molecule has 0 fully saturated rings. The van der Waals surface area contributed by atoms with Gasteiger partial charge in [0, 0.05) is 16.4 Å². The molecule has 3 aromatic rings. The van der Waals surface area contributed by atoms with Crippen LogP contribution in [0.25, 0.3) is 0 Å². The number of benzene rings is 3. The van der Waals surface area contributed by atoms with E-state index in [0.29, 0.717) is 16.4 Å². The third-order valence-electron chi connectivity index (χ3n) is 6.29. The molecule has 0 atom stereocenters. The maximum absolute atomic E-state index is 13.0. The van der Waals surface area contributed by atoms with E-state index in [4.69, 9.17) is 23.2 Å². The predicted octanol–water partition coefficient (Wildman–Crippen LogP) is 6.39. The monoisotopic (exact) mass is 535 g/mol. The normalized spacial score (nSPS) is 13.4. The van der Waals surface area contributed by atoms with Crippen molar-refractivity contribution in [2.75, 3.05) is 15.5 Å². The zero-order valence-corrected chi connectivity index (χ0v) is 22.3. The highest BCUT2D eigenvalue weighted by Crippen LogP contribution is 2.32. The average Bonchev–Trinajstić information content (AvgIpc) is 3.09. The Balaban J connectivity index is 1.44. The Bertz CT molecular complexity index is 1390. The number of nitrogens with zero attached hydrogens (tertiary/aromatic N) is 1. The van der Waals surface area contributed by atoms with E-state index >= 15 is 0 Å². The molecule has 0 aromatic heterocycles. The molecule has 1 heterocycles. The molecule has 3 amide bonds. The van der Waals surface area contributed by atoms with Gasteiger partial charge >= 0.3 is 0 Å². The van der Waals surface area contributed by atoms with Crippen molar-refractivity contribution in [3.8, 4) is 0 Å². The van der Waals surface area contributed by atoms with Gasteiger partial charge in [0.2, 0.25) is 5.91 Å². The van der Waals surface area contributed by atoms with Gasteiger partial charge in [0.1, 0.15) is 10.7 Å². The molecular weight excluding hydrogens is 509 g/mol. The first-order valence-electron chi connectivity index (χ1n) is 12.0. The number of para-hydroxylation sites is 1. The smallest absolute Gasteiger partial charge is 0.283 e. The van der Waals surface area contributed by atoms with Gasteiger partial charge in [-0.2, -0.15) is 0 Å². The van der Waals surface area contributed by atoms with Crippen LogP contribution in [0, 0.1) is 6.92 Å². The largest absolute Gasteiger partial charge is 0.350 e. The summed E-state index contributed by atoms with van der Waals surface area (Å²) in [6.07, 6.45) is 1.86. The number of rotatable bonds is 8. The molecule has 1 aliphatic heterocycles. The minimum atomic E-state index is -0.624. The lowest BCUT2D eigenvalue weighted by Crippen LogP contribution is -2.32. The van der Waals surface area contributed by atoms with Crippen molar-refractivity contribution in [1.29, 1.82) is 0 Å². The molecule has 0 spiro atoms. The Kier molecular flexibility index (Phi) is 8.00. The first kappa shape index (κ1) is 26.5. The van der Waals surface area contributed by atoms with Gasteiger partial charge < -0.3 is 10.6 Å². The fourth-order valence-electron chi connectivity index (χ4n) is 4.19. The van der Waals surface area contributed by atoms with Gasteiger partial charge in [0.25, 0.3) is 11.8 Å². The van der Waals surface area contributed by atoms with Crippen molar-refractivity contribution in [1.82, 2.24) is 0 Å². The molecule has 0 aliphatic carbocycles. The standard InChI is InChI=1S/C29H27Cl2N3O3/c1-4-19-7-6-8-20(5-2)26(19)33-24(35)15-18-10-12-21(13-11-18)32-27-25(31)28(36)34(29(27)37)22-14-9-17(3)23(30)16-22/h6-14,16,32H,4-5,15H2,1-3H3,(H,33,35). The molecule has 3 aromatic carbocycles. The number of aryl methyl sites for hydroxylation is 3. The molecule has 0 bridgehead atoms. The minimum Gasteiger partial charge on any atom is -0.350 e. The van der Waals surface area contributed by atoms with Crippen molar-refractivity contribution < 1.29 is 14.4 Å². The van der Waals surface area contributed by atoms with Crippen LogP contribution in [0.1, 0.15) is 36.1 Å². The summed E-state index contributed by atoms with van der Waals surface area (Å²) in [4.78, 5) is 39.5. The molecule has 0 saturated heterocycles. The molecule has 8 heteroatoms. The van der Waals surface area contributed by atoms with Crippen LogP contribution in [0.2, 0.25) is 5.02 Å². The summed E-state index contributed by atoms with van der Waals surface area (Å²) in [6, 6.07) is 18.1. The third kappa shape index (κ3) is 5.55. The number of hydrogen-bond acceptors (Lipinski definition) is 4. The van der Waals surface area contributed by atoms with E-state index in [0.717, 1.165) is 45.7 Å². The van der Waals surface area contributed by atoms with E-state index in [2.05, 4.69) is 24.5 Å². The van der Waals surface area contributed by atoms with Crippen molar-refractivity contribution in [3.05, 3.63) is 98.7 Å². The summed E-state index contributed by atoms with van der Waals surface area (Å²) in [7, 11) is 0. The lowest BCUT2D eigenvalue weighted by Gasteiger charge is -2.16. The number of nitrogens with one attached hydrogen (secondary N) is 2. The molecule has 37 heavy (non-hydrogen) atoms. The number of anilines is 3. The van der Waals surface area contributed by atoms with Crippen LogP contribution in [-0.2, 0) is 33.6 Å². The molecule has 0 unspecified atom stereocenters. The van der Waals surface area contributed by atoms with Crippen LogP contribution >= 0.6 is 23.2 Å². The molecular formula is C29H27Cl2N3O3. The molecule has 2 N–H and O–H groups in total. The Morgan fingerprint density at radius 3 is 2.14 bits per heavy atom. The zero-order valence-electron chi connectivity index (χ0n) is 20.8. The van der Waals surface area contributed by atoms with Crippen molar-refractivity contribution in [2.45, 2.75) is 40.0 Å². The van der Waals surface area contributed by atoms with Gasteiger partial charge in [-0.1, -0.05) is 73.4 Å². The van der Waals surface area contributed by atoms with Gasteiger partial charge in [-0.15, -0.1) is 0 Å². The SMILES string of the molecule is CCc1cccc(CC)c1NC(=O)Cc1ccc(NC2=C(Cl)C(=O)N(c3ccc(C)c(Cl)c3)C2=O)cc1. The summed E-state index contributed by atoms with van der Waals surface area (Å²) in [5.74, 6) is -1.30. The van der Waals surface area contributed by atoms with Crippen LogP contribution < -0.4 is 15.5 Å². The molecule has 6 nitrogen and oxygen atoms in total. The number of halogens is 2. The maximum atomic E-state index is 13.0. The Hall–Kier alpha value is -3.61. The van der Waals surface area contributed by atoms with Gasteiger partial charge in [-0.3, -0.25) is 14.4 Å². The van der Waals surface area contributed by atoms with Gasteiger partial charge in [-0.05, 0) is 66.3 Å².